The predicted octanol–water partition coefficient (Wildman–Crippen LogP) is 5.53. The van der Waals surface area contributed by atoms with Gasteiger partial charge in [-0.05, 0) is 30.2 Å². The molecule has 0 aliphatic carbocycles. The second-order valence-corrected chi connectivity index (χ2v) is 7.55. The van der Waals surface area contributed by atoms with Crippen LogP contribution in [0.3, 0.4) is 0 Å². The van der Waals surface area contributed by atoms with Crippen LogP contribution < -0.4 is 4.57 Å². The van der Waals surface area contributed by atoms with Gasteiger partial charge in [0.15, 0.2) is 0 Å². The molecule has 0 radical (unpaired) electrons. The maximum absolute atomic E-state index is 2.33. The molecule has 142 valence electrons. The molecule has 0 spiro atoms. The largest absolute Gasteiger partial charge is 0.265 e. The van der Waals surface area contributed by atoms with Crippen molar-refractivity contribution in [2.75, 3.05) is 0 Å². The van der Waals surface area contributed by atoms with Crippen LogP contribution in [-0.2, 0) is 7.05 Å². The van der Waals surface area contributed by atoms with Gasteiger partial charge in [-0.1, -0.05) is 66.7 Å². The van der Waals surface area contributed by atoms with Gasteiger partial charge in [-0.25, -0.2) is 13.7 Å². The van der Waals surface area contributed by atoms with E-state index in [9.17, 15) is 0 Å². The van der Waals surface area contributed by atoms with Crippen molar-refractivity contribution in [2.45, 2.75) is 13.8 Å². The summed E-state index contributed by atoms with van der Waals surface area (Å²) in [5.74, 6) is 2.33. The fourth-order valence-corrected chi connectivity index (χ4v) is 4.18. The molecule has 29 heavy (non-hydrogen) atoms. The molecule has 5 aromatic rings. The molecule has 0 aliphatic rings. The number of fused-ring (bicyclic) bond motifs is 1. The van der Waals surface area contributed by atoms with Gasteiger partial charge in [-0.2, -0.15) is 0 Å². The predicted molar refractivity (Wildman–Crippen MR) is 119 cm³/mol. The molecule has 3 nitrogen and oxygen atoms in total. The fraction of sp³-hybridized carbons (Fsp3) is 0.115. The Morgan fingerprint density at radius 2 is 1.38 bits per heavy atom. The normalized spacial score (nSPS) is 11.3. The Morgan fingerprint density at radius 3 is 2.10 bits per heavy atom. The molecule has 0 atom stereocenters. The van der Waals surface area contributed by atoms with Crippen LogP contribution in [0, 0.1) is 13.8 Å². The maximum atomic E-state index is 2.33. The molecule has 0 unspecified atom stereocenters. The average molecular weight is 378 g/mol. The molecule has 2 heterocycles. The van der Waals surface area contributed by atoms with Crippen molar-refractivity contribution in [3.05, 3.63) is 103 Å². The number of para-hydroxylation sites is 2. The van der Waals surface area contributed by atoms with E-state index in [-0.39, 0.29) is 0 Å². The number of aryl methyl sites for hydroxylation is 1. The minimum Gasteiger partial charge on any atom is -0.236 e. The highest BCUT2D eigenvalue weighted by molar-refractivity contribution is 5.98. The van der Waals surface area contributed by atoms with Gasteiger partial charge in [0, 0.05) is 17.9 Å². The summed E-state index contributed by atoms with van der Waals surface area (Å²) in [6, 6.07) is 27.7. The monoisotopic (exact) mass is 378 g/mol. The molecular weight excluding hydrogens is 354 g/mol. The molecule has 0 fully saturated rings. The summed E-state index contributed by atoms with van der Waals surface area (Å²) >= 11 is 0. The summed E-state index contributed by atoms with van der Waals surface area (Å²) in [5.41, 5.74) is 6.20. The number of aromatic nitrogens is 3. The summed E-state index contributed by atoms with van der Waals surface area (Å²) < 4.78 is 6.84. The van der Waals surface area contributed by atoms with Gasteiger partial charge in [0.1, 0.15) is 17.4 Å². The highest BCUT2D eigenvalue weighted by atomic mass is 15.2. The standard InChI is InChI=1S/C26H24N3/c1-19-11-10-16-23-24(21-12-6-4-7-13-21)17-29(26(19)23)25-18-28(20(2)27(25)3)22-14-8-5-9-15-22/h4-18H,1-3H3/q+1. The zero-order valence-electron chi connectivity index (χ0n) is 17.0. The van der Waals surface area contributed by atoms with Gasteiger partial charge in [-0.3, -0.25) is 0 Å². The van der Waals surface area contributed by atoms with E-state index >= 15 is 0 Å². The first-order chi connectivity index (χ1) is 14.1. The van der Waals surface area contributed by atoms with Crippen LogP contribution in [0.25, 0.3) is 33.5 Å². The molecule has 2 aromatic heterocycles. The van der Waals surface area contributed by atoms with Crippen molar-refractivity contribution in [3.63, 3.8) is 0 Å². The van der Waals surface area contributed by atoms with E-state index < -0.39 is 0 Å². The molecule has 0 bridgehead atoms. The Morgan fingerprint density at radius 1 is 0.690 bits per heavy atom. The number of benzene rings is 3. The first-order valence-corrected chi connectivity index (χ1v) is 9.95. The maximum Gasteiger partial charge on any atom is 0.265 e. The summed E-state index contributed by atoms with van der Waals surface area (Å²) in [6.07, 6.45) is 4.50. The number of nitrogens with zero attached hydrogens (tertiary/aromatic N) is 3. The first-order valence-electron chi connectivity index (χ1n) is 9.95. The Kier molecular flexibility index (Phi) is 4.09. The third-order valence-electron chi connectivity index (χ3n) is 5.82. The van der Waals surface area contributed by atoms with E-state index in [2.05, 4.69) is 126 Å². The molecule has 0 saturated heterocycles. The third kappa shape index (κ3) is 2.78. The number of imidazole rings is 1. The smallest absolute Gasteiger partial charge is 0.236 e. The van der Waals surface area contributed by atoms with Crippen LogP contribution in [0.1, 0.15) is 11.4 Å². The molecule has 0 N–H and O–H groups in total. The van der Waals surface area contributed by atoms with Crippen LogP contribution >= 0.6 is 0 Å². The minimum absolute atomic E-state index is 1.15. The van der Waals surface area contributed by atoms with Crippen LogP contribution in [0.2, 0.25) is 0 Å². The van der Waals surface area contributed by atoms with Gasteiger partial charge in [0.25, 0.3) is 5.82 Å². The molecule has 0 saturated carbocycles. The lowest BCUT2D eigenvalue weighted by Crippen LogP contribution is -2.34. The van der Waals surface area contributed by atoms with Crippen molar-refractivity contribution in [1.29, 1.82) is 0 Å². The zero-order chi connectivity index (χ0) is 20.0. The molecule has 3 aromatic carbocycles. The highest BCUT2D eigenvalue weighted by Gasteiger charge is 2.23. The van der Waals surface area contributed by atoms with Crippen molar-refractivity contribution >= 4 is 10.9 Å². The summed E-state index contributed by atoms with van der Waals surface area (Å²) in [7, 11) is 2.14. The highest BCUT2D eigenvalue weighted by Crippen LogP contribution is 2.34. The van der Waals surface area contributed by atoms with Gasteiger partial charge < -0.3 is 0 Å². The molecular formula is C26H24N3+. The lowest BCUT2D eigenvalue weighted by atomic mass is 10.0. The van der Waals surface area contributed by atoms with Crippen molar-refractivity contribution < 1.29 is 4.57 Å². The van der Waals surface area contributed by atoms with E-state index in [4.69, 9.17) is 0 Å². The topological polar surface area (TPSA) is 13.7 Å². The quantitative estimate of drug-likeness (QED) is 0.367. The van der Waals surface area contributed by atoms with E-state index in [0.717, 1.165) is 5.82 Å². The molecule has 5 rings (SSSR count). The molecule has 0 aliphatic heterocycles. The SMILES string of the molecule is Cc1cccc2c(-c3ccccc3)cn(-c3cn(-c4ccccc4)c(C)[n+]3C)c12. The minimum atomic E-state index is 1.15. The number of rotatable bonds is 3. The summed E-state index contributed by atoms with van der Waals surface area (Å²) in [6.45, 7) is 4.35. The summed E-state index contributed by atoms with van der Waals surface area (Å²) in [4.78, 5) is 0. The van der Waals surface area contributed by atoms with Gasteiger partial charge in [0.2, 0.25) is 5.82 Å². The van der Waals surface area contributed by atoms with Crippen molar-refractivity contribution in [3.8, 4) is 22.6 Å². The number of hydrogen-bond acceptors (Lipinski definition) is 0. The Hall–Kier alpha value is -3.59. The van der Waals surface area contributed by atoms with E-state index in [1.165, 1.54) is 39.1 Å². The Bertz CT molecular complexity index is 1310. The number of hydrogen-bond donors (Lipinski definition) is 0. The van der Waals surface area contributed by atoms with Crippen LogP contribution in [-0.4, -0.2) is 9.13 Å². The van der Waals surface area contributed by atoms with E-state index in [1.54, 1.807) is 0 Å². The third-order valence-corrected chi connectivity index (χ3v) is 5.82. The fourth-order valence-electron chi connectivity index (χ4n) is 4.18. The van der Waals surface area contributed by atoms with E-state index in [0.29, 0.717) is 0 Å². The van der Waals surface area contributed by atoms with Gasteiger partial charge in [0.05, 0.1) is 13.2 Å². The van der Waals surface area contributed by atoms with Crippen LogP contribution in [0.15, 0.2) is 91.3 Å². The Balaban J connectivity index is 1.79. The second-order valence-electron chi connectivity index (χ2n) is 7.55. The molecule has 0 amide bonds. The van der Waals surface area contributed by atoms with Crippen LogP contribution in [0.5, 0.6) is 0 Å². The lowest BCUT2D eigenvalue weighted by Gasteiger charge is -2.02. The average Bonchev–Trinajstić information content (AvgIpc) is 3.29. The first kappa shape index (κ1) is 17.5. The zero-order valence-corrected chi connectivity index (χ0v) is 17.0. The lowest BCUT2D eigenvalue weighted by molar-refractivity contribution is -0.671. The Labute approximate surface area is 171 Å². The van der Waals surface area contributed by atoms with Gasteiger partial charge >= 0.3 is 0 Å². The molecule has 3 heteroatoms. The van der Waals surface area contributed by atoms with Crippen molar-refractivity contribution in [2.24, 2.45) is 7.05 Å². The van der Waals surface area contributed by atoms with E-state index in [1.807, 2.05) is 0 Å². The van der Waals surface area contributed by atoms with Crippen LogP contribution in [0.4, 0.5) is 0 Å². The summed E-state index contributed by atoms with van der Waals surface area (Å²) in [5, 5.41) is 1.28. The van der Waals surface area contributed by atoms with Gasteiger partial charge in [-0.15, -0.1) is 0 Å². The second kappa shape index (κ2) is 6.78. The van der Waals surface area contributed by atoms with Crippen molar-refractivity contribution in [1.82, 2.24) is 9.13 Å².